The Labute approximate surface area is 127 Å². The van der Waals surface area contributed by atoms with Crippen LogP contribution in [0.2, 0.25) is 0 Å². The molecule has 3 nitrogen and oxygen atoms in total. The molecule has 0 aromatic heterocycles. The van der Waals surface area contributed by atoms with E-state index in [-0.39, 0.29) is 11.8 Å². The van der Waals surface area contributed by atoms with Gasteiger partial charge in [0.25, 0.3) is 0 Å². The molecular formula is C16H18BrNO2. The van der Waals surface area contributed by atoms with Crippen molar-refractivity contribution in [3.05, 3.63) is 52.0 Å². The van der Waals surface area contributed by atoms with Crippen LogP contribution in [0.3, 0.4) is 0 Å². The number of phenolic OH excluding ortho intramolecular Hbond substituents is 1. The number of hydrogen-bond acceptors (Lipinski definition) is 3. The van der Waals surface area contributed by atoms with E-state index in [9.17, 15) is 5.11 Å². The molecule has 2 rings (SSSR count). The number of anilines is 1. The number of hydrogen-bond donors (Lipinski definition) is 2. The molecule has 0 spiro atoms. The fraction of sp³-hybridized carbons (Fsp3) is 0.250. The van der Waals surface area contributed by atoms with Gasteiger partial charge in [-0.3, -0.25) is 0 Å². The van der Waals surface area contributed by atoms with Crippen molar-refractivity contribution in [1.82, 2.24) is 0 Å². The summed E-state index contributed by atoms with van der Waals surface area (Å²) in [5.41, 5.74) is 2.99. The van der Waals surface area contributed by atoms with Crippen LogP contribution in [0.15, 0.2) is 40.9 Å². The summed E-state index contributed by atoms with van der Waals surface area (Å²) in [7, 11) is 1.62. The van der Waals surface area contributed by atoms with Crippen LogP contribution in [0, 0.1) is 6.92 Å². The van der Waals surface area contributed by atoms with E-state index in [1.165, 1.54) is 0 Å². The Kier molecular flexibility index (Phi) is 4.55. The van der Waals surface area contributed by atoms with Gasteiger partial charge in [-0.25, -0.2) is 0 Å². The van der Waals surface area contributed by atoms with Gasteiger partial charge in [-0.2, -0.15) is 0 Å². The Bertz CT molecular complexity index is 613. The van der Waals surface area contributed by atoms with Crippen LogP contribution in [0.4, 0.5) is 5.69 Å². The third kappa shape index (κ3) is 3.07. The lowest BCUT2D eigenvalue weighted by Crippen LogP contribution is -2.08. The first-order valence-corrected chi connectivity index (χ1v) is 7.20. The Morgan fingerprint density at radius 2 is 2.00 bits per heavy atom. The molecule has 0 aliphatic rings. The summed E-state index contributed by atoms with van der Waals surface area (Å²) in [6.45, 7) is 4.05. The highest BCUT2D eigenvalue weighted by atomic mass is 79.9. The zero-order valence-electron chi connectivity index (χ0n) is 11.8. The molecule has 4 heteroatoms. The largest absolute Gasteiger partial charge is 0.508 e. The van der Waals surface area contributed by atoms with E-state index >= 15 is 0 Å². The van der Waals surface area contributed by atoms with Gasteiger partial charge in [-0.1, -0.05) is 22.0 Å². The van der Waals surface area contributed by atoms with E-state index in [4.69, 9.17) is 4.74 Å². The Morgan fingerprint density at radius 3 is 2.70 bits per heavy atom. The number of halogens is 1. The number of ether oxygens (including phenoxy) is 1. The lowest BCUT2D eigenvalue weighted by molar-refractivity contribution is 0.410. The van der Waals surface area contributed by atoms with Crippen molar-refractivity contribution in [3.63, 3.8) is 0 Å². The monoisotopic (exact) mass is 335 g/mol. The maximum absolute atomic E-state index is 10.00. The second-order valence-electron chi connectivity index (χ2n) is 4.70. The predicted octanol–water partition coefficient (Wildman–Crippen LogP) is 4.64. The Hall–Kier alpha value is -1.68. The van der Waals surface area contributed by atoms with Gasteiger partial charge in [-0.15, -0.1) is 0 Å². The molecule has 1 atom stereocenters. The van der Waals surface area contributed by atoms with E-state index < -0.39 is 0 Å². The highest BCUT2D eigenvalue weighted by Crippen LogP contribution is 2.32. The SMILES string of the molecule is COc1ccc(O)c(C(C)Nc2cccc(Br)c2C)c1. The smallest absolute Gasteiger partial charge is 0.121 e. The quantitative estimate of drug-likeness (QED) is 0.854. The van der Waals surface area contributed by atoms with Crippen molar-refractivity contribution in [2.75, 3.05) is 12.4 Å². The molecule has 0 fully saturated rings. The summed E-state index contributed by atoms with van der Waals surface area (Å²) in [6.07, 6.45) is 0. The lowest BCUT2D eigenvalue weighted by Gasteiger charge is -2.19. The van der Waals surface area contributed by atoms with Gasteiger partial charge in [0.05, 0.1) is 13.2 Å². The first kappa shape index (κ1) is 14.7. The van der Waals surface area contributed by atoms with E-state index in [1.807, 2.05) is 38.1 Å². The second kappa shape index (κ2) is 6.18. The van der Waals surface area contributed by atoms with Crippen LogP contribution >= 0.6 is 15.9 Å². The highest BCUT2D eigenvalue weighted by molar-refractivity contribution is 9.10. The van der Waals surface area contributed by atoms with Gasteiger partial charge >= 0.3 is 0 Å². The highest BCUT2D eigenvalue weighted by Gasteiger charge is 2.13. The molecule has 0 radical (unpaired) electrons. The van der Waals surface area contributed by atoms with Crippen LogP contribution in [-0.2, 0) is 0 Å². The van der Waals surface area contributed by atoms with Crippen LogP contribution in [0.1, 0.15) is 24.1 Å². The maximum Gasteiger partial charge on any atom is 0.121 e. The number of aromatic hydroxyl groups is 1. The fourth-order valence-corrected chi connectivity index (χ4v) is 2.45. The summed E-state index contributed by atoms with van der Waals surface area (Å²) in [6, 6.07) is 11.2. The molecule has 20 heavy (non-hydrogen) atoms. The summed E-state index contributed by atoms with van der Waals surface area (Å²) in [5, 5.41) is 13.4. The first-order valence-electron chi connectivity index (χ1n) is 6.41. The average Bonchev–Trinajstić information content (AvgIpc) is 2.44. The molecular weight excluding hydrogens is 318 g/mol. The second-order valence-corrected chi connectivity index (χ2v) is 5.56. The summed E-state index contributed by atoms with van der Waals surface area (Å²) in [5.74, 6) is 0.996. The number of methoxy groups -OCH3 is 1. The number of benzene rings is 2. The van der Waals surface area contributed by atoms with Gasteiger partial charge in [0.2, 0.25) is 0 Å². The Morgan fingerprint density at radius 1 is 1.25 bits per heavy atom. The third-order valence-corrected chi connectivity index (χ3v) is 4.20. The molecule has 0 saturated carbocycles. The fourth-order valence-electron chi connectivity index (χ4n) is 2.08. The zero-order chi connectivity index (χ0) is 14.7. The molecule has 2 aromatic rings. The minimum absolute atomic E-state index is 0.0295. The Balaban J connectivity index is 2.28. The average molecular weight is 336 g/mol. The molecule has 0 saturated heterocycles. The summed E-state index contributed by atoms with van der Waals surface area (Å²) in [4.78, 5) is 0. The predicted molar refractivity (Wildman–Crippen MR) is 85.6 cm³/mol. The number of rotatable bonds is 4. The van der Waals surface area contributed by atoms with Crippen molar-refractivity contribution in [2.24, 2.45) is 0 Å². The van der Waals surface area contributed by atoms with Gasteiger partial charge < -0.3 is 15.2 Å². The van der Waals surface area contributed by atoms with Gasteiger partial charge in [0.15, 0.2) is 0 Å². The van der Waals surface area contributed by atoms with Crippen molar-refractivity contribution < 1.29 is 9.84 Å². The van der Waals surface area contributed by atoms with Crippen LogP contribution in [-0.4, -0.2) is 12.2 Å². The van der Waals surface area contributed by atoms with Gasteiger partial charge in [0.1, 0.15) is 11.5 Å². The van der Waals surface area contributed by atoms with Crippen molar-refractivity contribution in [1.29, 1.82) is 0 Å². The molecule has 2 aromatic carbocycles. The standard InChI is InChI=1S/C16H18BrNO2/c1-10-14(17)5-4-6-15(10)18-11(2)13-9-12(20-3)7-8-16(13)19/h4-9,11,18-19H,1-3H3. The molecule has 1 unspecified atom stereocenters. The molecule has 0 heterocycles. The van der Waals surface area contributed by atoms with Crippen molar-refractivity contribution in [3.8, 4) is 11.5 Å². The van der Waals surface area contributed by atoms with E-state index in [2.05, 4.69) is 21.2 Å². The molecule has 0 bridgehead atoms. The minimum Gasteiger partial charge on any atom is -0.508 e. The van der Waals surface area contributed by atoms with Crippen molar-refractivity contribution >= 4 is 21.6 Å². The number of phenols is 1. The van der Waals surface area contributed by atoms with Gasteiger partial charge in [-0.05, 0) is 49.7 Å². The minimum atomic E-state index is -0.0295. The summed E-state index contributed by atoms with van der Waals surface area (Å²) >= 11 is 3.52. The van der Waals surface area contributed by atoms with Crippen LogP contribution < -0.4 is 10.1 Å². The topological polar surface area (TPSA) is 41.5 Å². The molecule has 0 aliphatic carbocycles. The van der Waals surface area contributed by atoms with Crippen LogP contribution in [0.5, 0.6) is 11.5 Å². The summed E-state index contributed by atoms with van der Waals surface area (Å²) < 4.78 is 6.27. The zero-order valence-corrected chi connectivity index (χ0v) is 13.4. The molecule has 106 valence electrons. The maximum atomic E-state index is 10.00. The van der Waals surface area contributed by atoms with Gasteiger partial charge in [0, 0.05) is 15.7 Å². The molecule has 2 N–H and O–H groups in total. The number of nitrogens with one attached hydrogen (secondary N) is 1. The normalized spacial score (nSPS) is 12.0. The first-order chi connectivity index (χ1) is 9.52. The van der Waals surface area contributed by atoms with Crippen LogP contribution in [0.25, 0.3) is 0 Å². The molecule has 0 amide bonds. The third-order valence-electron chi connectivity index (χ3n) is 3.34. The van der Waals surface area contributed by atoms with E-state index in [0.29, 0.717) is 0 Å². The van der Waals surface area contributed by atoms with E-state index in [1.54, 1.807) is 19.2 Å². The lowest BCUT2D eigenvalue weighted by atomic mass is 10.1. The molecule has 0 aliphatic heterocycles. The van der Waals surface area contributed by atoms with E-state index in [0.717, 1.165) is 27.0 Å². The van der Waals surface area contributed by atoms with Crippen molar-refractivity contribution in [2.45, 2.75) is 19.9 Å².